The number of guanidine groups is 1. The summed E-state index contributed by atoms with van der Waals surface area (Å²) in [7, 11) is 0. The van der Waals surface area contributed by atoms with Crippen LogP contribution in [0.2, 0.25) is 0 Å². The third kappa shape index (κ3) is 5.35. The van der Waals surface area contributed by atoms with E-state index in [0.717, 1.165) is 69.5 Å². The van der Waals surface area contributed by atoms with Crippen LogP contribution in [0.5, 0.6) is 5.75 Å². The standard InChI is InChI=1S/C20H29N5OS/c1-3-21-20(22-10-6-9-19-23-16(2)15-27-19)25-13-11-24(12-14-25)17-7-4-5-8-18(17)26/h4-5,7-8,15,26H,3,6,9-14H2,1-2H3,(H,21,22). The Morgan fingerprint density at radius 3 is 2.70 bits per heavy atom. The van der Waals surface area contributed by atoms with Gasteiger partial charge in [-0.2, -0.15) is 0 Å². The van der Waals surface area contributed by atoms with E-state index in [2.05, 4.69) is 32.4 Å². The third-order valence-electron chi connectivity index (χ3n) is 4.61. The van der Waals surface area contributed by atoms with E-state index in [4.69, 9.17) is 4.99 Å². The number of rotatable bonds is 6. The highest BCUT2D eigenvalue weighted by molar-refractivity contribution is 7.09. The minimum Gasteiger partial charge on any atom is -0.506 e. The lowest BCUT2D eigenvalue weighted by atomic mass is 10.2. The highest BCUT2D eigenvalue weighted by Crippen LogP contribution is 2.27. The highest BCUT2D eigenvalue weighted by atomic mass is 32.1. The lowest BCUT2D eigenvalue weighted by molar-refractivity contribution is 0.370. The predicted octanol–water partition coefficient (Wildman–Crippen LogP) is 2.88. The van der Waals surface area contributed by atoms with Crippen molar-refractivity contribution >= 4 is 23.0 Å². The second-order valence-electron chi connectivity index (χ2n) is 6.68. The SMILES string of the molecule is CCNC(=NCCCc1nc(C)cs1)N1CCN(c2ccccc2O)CC1. The largest absolute Gasteiger partial charge is 0.506 e. The molecule has 2 aromatic rings. The molecular formula is C20H29N5OS. The summed E-state index contributed by atoms with van der Waals surface area (Å²) in [5.74, 6) is 1.34. The van der Waals surface area contributed by atoms with Gasteiger partial charge in [0.05, 0.1) is 10.7 Å². The van der Waals surface area contributed by atoms with Crippen LogP contribution in [-0.4, -0.2) is 60.2 Å². The predicted molar refractivity (Wildman–Crippen MR) is 113 cm³/mol. The first-order valence-corrected chi connectivity index (χ1v) is 10.5. The summed E-state index contributed by atoms with van der Waals surface area (Å²) in [4.78, 5) is 13.9. The molecule has 1 aliphatic rings. The van der Waals surface area contributed by atoms with Gasteiger partial charge in [-0.05, 0) is 32.4 Å². The number of phenolic OH excluding ortho intramolecular Hbond substituents is 1. The lowest BCUT2D eigenvalue weighted by Crippen LogP contribution is -2.52. The monoisotopic (exact) mass is 387 g/mol. The molecule has 2 heterocycles. The number of hydrogen-bond donors (Lipinski definition) is 2. The van der Waals surface area contributed by atoms with Gasteiger partial charge in [0, 0.05) is 56.8 Å². The Morgan fingerprint density at radius 2 is 2.04 bits per heavy atom. The van der Waals surface area contributed by atoms with Crippen molar-refractivity contribution in [3.8, 4) is 5.75 Å². The number of thiazole rings is 1. The molecule has 7 heteroatoms. The van der Waals surface area contributed by atoms with Gasteiger partial charge in [0.15, 0.2) is 5.96 Å². The fourth-order valence-corrected chi connectivity index (χ4v) is 4.07. The van der Waals surface area contributed by atoms with E-state index in [1.165, 1.54) is 5.01 Å². The minimum atomic E-state index is 0.351. The molecule has 1 saturated heterocycles. The number of para-hydroxylation sites is 2. The molecule has 27 heavy (non-hydrogen) atoms. The highest BCUT2D eigenvalue weighted by Gasteiger charge is 2.21. The first-order chi connectivity index (χ1) is 13.2. The fourth-order valence-electron chi connectivity index (χ4n) is 3.25. The van der Waals surface area contributed by atoms with E-state index in [1.54, 1.807) is 17.4 Å². The number of phenols is 1. The smallest absolute Gasteiger partial charge is 0.194 e. The van der Waals surface area contributed by atoms with Crippen molar-refractivity contribution in [2.45, 2.75) is 26.7 Å². The zero-order valence-electron chi connectivity index (χ0n) is 16.2. The molecule has 1 aromatic carbocycles. The van der Waals surface area contributed by atoms with Gasteiger partial charge < -0.3 is 20.2 Å². The second kappa shape index (κ2) is 9.60. The molecule has 2 N–H and O–H groups in total. The van der Waals surface area contributed by atoms with Crippen molar-refractivity contribution in [3.05, 3.63) is 40.3 Å². The second-order valence-corrected chi connectivity index (χ2v) is 7.63. The van der Waals surface area contributed by atoms with Crippen molar-refractivity contribution in [1.82, 2.24) is 15.2 Å². The van der Waals surface area contributed by atoms with Crippen molar-refractivity contribution in [2.24, 2.45) is 4.99 Å². The molecule has 1 aromatic heterocycles. The number of nitrogens with one attached hydrogen (secondary N) is 1. The molecular weight excluding hydrogens is 358 g/mol. The van der Waals surface area contributed by atoms with Crippen LogP contribution in [-0.2, 0) is 6.42 Å². The maximum absolute atomic E-state index is 10.1. The first kappa shape index (κ1) is 19.5. The average Bonchev–Trinajstić information content (AvgIpc) is 3.10. The Kier molecular flexibility index (Phi) is 6.92. The summed E-state index contributed by atoms with van der Waals surface area (Å²) >= 11 is 1.73. The van der Waals surface area contributed by atoms with E-state index >= 15 is 0 Å². The fraction of sp³-hybridized carbons (Fsp3) is 0.500. The summed E-state index contributed by atoms with van der Waals surface area (Å²) in [5.41, 5.74) is 2.02. The van der Waals surface area contributed by atoms with Crippen molar-refractivity contribution in [3.63, 3.8) is 0 Å². The summed E-state index contributed by atoms with van der Waals surface area (Å²) in [6.07, 6.45) is 2.00. The van der Waals surface area contributed by atoms with Gasteiger partial charge >= 0.3 is 0 Å². The van der Waals surface area contributed by atoms with Crippen LogP contribution in [0, 0.1) is 6.92 Å². The van der Waals surface area contributed by atoms with Gasteiger partial charge in [0.1, 0.15) is 5.75 Å². The van der Waals surface area contributed by atoms with Gasteiger partial charge in [-0.1, -0.05) is 12.1 Å². The van der Waals surface area contributed by atoms with Gasteiger partial charge in [-0.3, -0.25) is 4.99 Å². The quantitative estimate of drug-likeness (QED) is 0.453. The Bertz CT molecular complexity index is 752. The van der Waals surface area contributed by atoms with Crippen LogP contribution in [0.1, 0.15) is 24.0 Å². The molecule has 0 aliphatic carbocycles. The maximum Gasteiger partial charge on any atom is 0.194 e. The summed E-state index contributed by atoms with van der Waals surface area (Å²) in [6.45, 7) is 9.35. The van der Waals surface area contributed by atoms with Crippen LogP contribution < -0.4 is 10.2 Å². The molecule has 1 aliphatic heterocycles. The number of aromatic hydroxyl groups is 1. The molecule has 6 nitrogen and oxygen atoms in total. The van der Waals surface area contributed by atoms with Crippen LogP contribution in [0.15, 0.2) is 34.6 Å². The van der Waals surface area contributed by atoms with E-state index in [1.807, 2.05) is 25.1 Å². The van der Waals surface area contributed by atoms with Gasteiger partial charge in [-0.15, -0.1) is 11.3 Å². The van der Waals surface area contributed by atoms with Crippen molar-refractivity contribution < 1.29 is 5.11 Å². The molecule has 1 fully saturated rings. The van der Waals surface area contributed by atoms with E-state index in [9.17, 15) is 5.11 Å². The Hall–Kier alpha value is -2.28. The molecule has 0 saturated carbocycles. The van der Waals surface area contributed by atoms with Crippen molar-refractivity contribution in [2.75, 3.05) is 44.2 Å². The number of aliphatic imine (C=N–C) groups is 1. The minimum absolute atomic E-state index is 0.351. The van der Waals surface area contributed by atoms with E-state index in [0.29, 0.717) is 5.75 Å². The Labute approximate surface area is 165 Å². The zero-order valence-corrected chi connectivity index (χ0v) is 17.0. The maximum atomic E-state index is 10.1. The van der Waals surface area contributed by atoms with Crippen LogP contribution >= 0.6 is 11.3 Å². The molecule has 0 atom stereocenters. The summed E-state index contributed by atoms with van der Waals surface area (Å²) in [5, 5.41) is 16.8. The number of anilines is 1. The van der Waals surface area contributed by atoms with Crippen LogP contribution in [0.4, 0.5) is 5.69 Å². The zero-order chi connectivity index (χ0) is 19.1. The van der Waals surface area contributed by atoms with E-state index in [-0.39, 0.29) is 0 Å². The summed E-state index contributed by atoms with van der Waals surface area (Å²) < 4.78 is 0. The first-order valence-electron chi connectivity index (χ1n) is 9.64. The number of hydrogen-bond acceptors (Lipinski definition) is 5. The third-order valence-corrected chi connectivity index (χ3v) is 5.64. The molecule has 0 unspecified atom stereocenters. The van der Waals surface area contributed by atoms with Gasteiger partial charge in [0.25, 0.3) is 0 Å². The van der Waals surface area contributed by atoms with Crippen molar-refractivity contribution in [1.29, 1.82) is 0 Å². The number of benzene rings is 1. The molecule has 0 radical (unpaired) electrons. The van der Waals surface area contributed by atoms with Gasteiger partial charge in [-0.25, -0.2) is 4.98 Å². The molecule has 0 bridgehead atoms. The Balaban J connectivity index is 1.52. The van der Waals surface area contributed by atoms with Gasteiger partial charge in [0.2, 0.25) is 0 Å². The number of nitrogens with zero attached hydrogens (tertiary/aromatic N) is 4. The average molecular weight is 388 g/mol. The number of aromatic nitrogens is 1. The molecule has 0 amide bonds. The lowest BCUT2D eigenvalue weighted by Gasteiger charge is -2.37. The molecule has 146 valence electrons. The van der Waals surface area contributed by atoms with Crippen LogP contribution in [0.3, 0.4) is 0 Å². The summed E-state index contributed by atoms with van der Waals surface area (Å²) in [6, 6.07) is 7.55. The molecule has 3 rings (SSSR count). The van der Waals surface area contributed by atoms with E-state index < -0.39 is 0 Å². The normalized spacial score (nSPS) is 15.3. The topological polar surface area (TPSA) is 64.0 Å². The number of aryl methyl sites for hydroxylation is 2. The molecule has 0 spiro atoms. The Morgan fingerprint density at radius 1 is 1.26 bits per heavy atom. The van der Waals surface area contributed by atoms with Crippen LogP contribution in [0.25, 0.3) is 0 Å². The number of piperazine rings is 1.